The Morgan fingerprint density at radius 3 is 2.37 bits per heavy atom. The number of aromatic hydroxyl groups is 1. The minimum Gasteiger partial charge on any atom is -0.504 e. The van der Waals surface area contributed by atoms with Crippen molar-refractivity contribution in [1.29, 1.82) is 0 Å². The Kier molecular flexibility index (Phi) is 5.44. The zero-order valence-corrected chi connectivity index (χ0v) is 16.8. The molecular formula is C25H22O5. The van der Waals surface area contributed by atoms with Crippen LogP contribution in [0.2, 0.25) is 0 Å². The zero-order chi connectivity index (χ0) is 21.1. The fourth-order valence-electron chi connectivity index (χ4n) is 3.42. The molecule has 0 aliphatic carbocycles. The lowest BCUT2D eigenvalue weighted by Gasteiger charge is -2.18. The standard InChI is InChI=1S/C25H22O5/c1-16(15-29-22-12-11-17-7-3-6-10-21(17)24(22)26)30-23-14-19(25(27)28-2)13-18-8-4-5-9-20(18)23/h3-14,16,26H,15H2,1-2H3. The summed E-state index contributed by atoms with van der Waals surface area (Å²) in [5.74, 6) is 0.665. The molecule has 30 heavy (non-hydrogen) atoms. The van der Waals surface area contributed by atoms with Gasteiger partial charge in [0.05, 0.1) is 12.7 Å². The molecule has 0 heterocycles. The summed E-state index contributed by atoms with van der Waals surface area (Å²) in [6.45, 7) is 2.10. The molecule has 0 bridgehead atoms. The highest BCUT2D eigenvalue weighted by atomic mass is 16.5. The number of hydrogen-bond acceptors (Lipinski definition) is 5. The van der Waals surface area contributed by atoms with Crippen molar-refractivity contribution in [3.05, 3.63) is 78.4 Å². The molecule has 0 fully saturated rings. The number of hydrogen-bond donors (Lipinski definition) is 1. The molecule has 1 atom stereocenters. The SMILES string of the molecule is COC(=O)c1cc(OC(C)COc2ccc3ccccc3c2O)c2ccccc2c1. The lowest BCUT2D eigenvalue weighted by atomic mass is 10.1. The average Bonchev–Trinajstić information content (AvgIpc) is 2.78. The van der Waals surface area contributed by atoms with Crippen molar-refractivity contribution < 1.29 is 24.1 Å². The lowest BCUT2D eigenvalue weighted by molar-refractivity contribution is 0.0600. The molecule has 5 heteroatoms. The van der Waals surface area contributed by atoms with Crippen LogP contribution in [0.5, 0.6) is 17.2 Å². The minimum atomic E-state index is -0.421. The van der Waals surface area contributed by atoms with Crippen LogP contribution in [-0.4, -0.2) is 30.9 Å². The van der Waals surface area contributed by atoms with Gasteiger partial charge in [-0.3, -0.25) is 0 Å². The number of phenolic OH excluding ortho intramolecular Hbond substituents is 1. The Hall–Kier alpha value is -3.73. The maximum absolute atomic E-state index is 12.0. The number of rotatable bonds is 6. The summed E-state index contributed by atoms with van der Waals surface area (Å²) in [5.41, 5.74) is 0.423. The first kappa shape index (κ1) is 19.6. The maximum Gasteiger partial charge on any atom is 0.338 e. The largest absolute Gasteiger partial charge is 0.504 e. The first-order valence-electron chi connectivity index (χ1n) is 9.68. The Balaban J connectivity index is 1.54. The molecule has 1 N–H and O–H groups in total. The van der Waals surface area contributed by atoms with Crippen LogP contribution >= 0.6 is 0 Å². The molecule has 0 saturated heterocycles. The fourth-order valence-corrected chi connectivity index (χ4v) is 3.42. The van der Waals surface area contributed by atoms with E-state index in [1.54, 1.807) is 18.2 Å². The Labute approximate surface area is 174 Å². The van der Waals surface area contributed by atoms with Gasteiger partial charge in [-0.15, -0.1) is 0 Å². The van der Waals surface area contributed by atoms with E-state index in [0.29, 0.717) is 17.1 Å². The van der Waals surface area contributed by atoms with Crippen LogP contribution in [0.15, 0.2) is 72.8 Å². The maximum atomic E-state index is 12.0. The van der Waals surface area contributed by atoms with E-state index >= 15 is 0 Å². The van der Waals surface area contributed by atoms with Crippen molar-refractivity contribution in [1.82, 2.24) is 0 Å². The number of ether oxygens (including phenoxy) is 3. The molecule has 0 aromatic heterocycles. The van der Waals surface area contributed by atoms with Gasteiger partial charge in [-0.05, 0) is 35.9 Å². The Morgan fingerprint density at radius 2 is 1.60 bits per heavy atom. The van der Waals surface area contributed by atoms with Gasteiger partial charge >= 0.3 is 5.97 Å². The topological polar surface area (TPSA) is 65.0 Å². The molecule has 1 unspecified atom stereocenters. The van der Waals surface area contributed by atoms with Crippen LogP contribution in [0.25, 0.3) is 21.5 Å². The highest BCUT2D eigenvalue weighted by molar-refractivity contribution is 5.98. The van der Waals surface area contributed by atoms with Crippen LogP contribution < -0.4 is 9.47 Å². The van der Waals surface area contributed by atoms with E-state index in [2.05, 4.69) is 0 Å². The first-order chi connectivity index (χ1) is 14.6. The van der Waals surface area contributed by atoms with Gasteiger partial charge in [0, 0.05) is 10.8 Å². The Morgan fingerprint density at radius 1 is 0.900 bits per heavy atom. The Bertz CT molecular complexity index is 1210. The summed E-state index contributed by atoms with van der Waals surface area (Å²) >= 11 is 0. The summed E-state index contributed by atoms with van der Waals surface area (Å²) in [4.78, 5) is 12.0. The predicted octanol–water partition coefficient (Wildman–Crippen LogP) is 5.33. The monoisotopic (exact) mass is 402 g/mol. The van der Waals surface area contributed by atoms with E-state index in [1.165, 1.54) is 7.11 Å². The normalized spacial score (nSPS) is 11.9. The molecule has 0 saturated carbocycles. The third-order valence-corrected chi connectivity index (χ3v) is 4.91. The lowest BCUT2D eigenvalue weighted by Crippen LogP contribution is -2.21. The number of carbonyl (C=O) groups is 1. The number of phenols is 1. The number of benzene rings is 4. The highest BCUT2D eigenvalue weighted by Gasteiger charge is 2.15. The van der Waals surface area contributed by atoms with Crippen LogP contribution in [0.1, 0.15) is 17.3 Å². The quantitative estimate of drug-likeness (QED) is 0.442. The molecule has 0 aliphatic rings. The molecule has 0 amide bonds. The summed E-state index contributed by atoms with van der Waals surface area (Å²) in [6, 6.07) is 22.4. The fraction of sp³-hybridized carbons (Fsp3) is 0.160. The van der Waals surface area contributed by atoms with Crippen molar-refractivity contribution in [3.8, 4) is 17.2 Å². The molecule has 4 rings (SSSR count). The van der Waals surface area contributed by atoms with E-state index in [1.807, 2.05) is 61.5 Å². The first-order valence-corrected chi connectivity index (χ1v) is 9.68. The third-order valence-electron chi connectivity index (χ3n) is 4.91. The van der Waals surface area contributed by atoms with Crippen molar-refractivity contribution in [2.45, 2.75) is 13.0 Å². The third kappa shape index (κ3) is 3.87. The van der Waals surface area contributed by atoms with Crippen molar-refractivity contribution in [3.63, 3.8) is 0 Å². The van der Waals surface area contributed by atoms with Gasteiger partial charge in [-0.2, -0.15) is 0 Å². The molecule has 0 spiro atoms. The van der Waals surface area contributed by atoms with E-state index in [4.69, 9.17) is 14.2 Å². The highest BCUT2D eigenvalue weighted by Crippen LogP contribution is 2.34. The van der Waals surface area contributed by atoms with Gasteiger partial charge in [0.15, 0.2) is 11.5 Å². The number of fused-ring (bicyclic) bond motifs is 2. The second kappa shape index (κ2) is 8.33. The zero-order valence-electron chi connectivity index (χ0n) is 16.8. The second-order valence-corrected chi connectivity index (χ2v) is 7.06. The molecule has 5 nitrogen and oxygen atoms in total. The van der Waals surface area contributed by atoms with Crippen molar-refractivity contribution in [2.24, 2.45) is 0 Å². The van der Waals surface area contributed by atoms with Crippen molar-refractivity contribution in [2.75, 3.05) is 13.7 Å². The van der Waals surface area contributed by atoms with E-state index in [9.17, 15) is 9.90 Å². The smallest absolute Gasteiger partial charge is 0.338 e. The van der Waals surface area contributed by atoms with Crippen LogP contribution in [0, 0.1) is 0 Å². The number of methoxy groups -OCH3 is 1. The second-order valence-electron chi connectivity index (χ2n) is 7.06. The number of esters is 1. The predicted molar refractivity (Wildman–Crippen MR) is 116 cm³/mol. The number of carbonyl (C=O) groups excluding carboxylic acids is 1. The van der Waals surface area contributed by atoms with Gasteiger partial charge in [-0.25, -0.2) is 4.79 Å². The summed E-state index contributed by atoms with van der Waals surface area (Å²) in [7, 11) is 1.35. The van der Waals surface area contributed by atoms with Crippen LogP contribution in [-0.2, 0) is 4.74 Å². The van der Waals surface area contributed by atoms with Gasteiger partial charge in [-0.1, -0.05) is 54.6 Å². The minimum absolute atomic E-state index is 0.110. The van der Waals surface area contributed by atoms with Crippen molar-refractivity contribution >= 4 is 27.5 Å². The van der Waals surface area contributed by atoms with E-state index in [-0.39, 0.29) is 18.5 Å². The van der Waals surface area contributed by atoms with Crippen LogP contribution in [0.4, 0.5) is 0 Å². The molecular weight excluding hydrogens is 380 g/mol. The van der Waals surface area contributed by atoms with Gasteiger partial charge in [0.1, 0.15) is 18.5 Å². The molecule has 4 aromatic carbocycles. The molecule has 0 aliphatic heterocycles. The molecule has 4 aromatic rings. The van der Waals surface area contributed by atoms with Crippen LogP contribution in [0.3, 0.4) is 0 Å². The van der Waals surface area contributed by atoms with E-state index < -0.39 is 5.97 Å². The summed E-state index contributed by atoms with van der Waals surface area (Å²) in [6.07, 6.45) is -0.327. The van der Waals surface area contributed by atoms with E-state index in [0.717, 1.165) is 21.5 Å². The van der Waals surface area contributed by atoms with Gasteiger partial charge in [0.25, 0.3) is 0 Å². The molecule has 0 radical (unpaired) electrons. The summed E-state index contributed by atoms with van der Waals surface area (Å²) < 4.78 is 16.8. The average molecular weight is 402 g/mol. The summed E-state index contributed by atoms with van der Waals surface area (Å²) in [5, 5.41) is 14.0. The molecule has 152 valence electrons. The van der Waals surface area contributed by atoms with Gasteiger partial charge in [0.2, 0.25) is 0 Å². The van der Waals surface area contributed by atoms with Gasteiger partial charge < -0.3 is 19.3 Å².